The molecule has 3 aromatic rings. The molecule has 0 spiro atoms. The number of benzene rings is 3. The van der Waals surface area contributed by atoms with E-state index in [1.165, 1.54) is 33.6 Å². The predicted octanol–water partition coefficient (Wildman–Crippen LogP) is 12.5. The van der Waals surface area contributed by atoms with Gasteiger partial charge in [0.1, 0.15) is 22.7 Å². The number of hydrogen-bond donors (Lipinski definition) is 0. The Morgan fingerprint density at radius 3 is 1.12 bits per heavy atom. The highest BCUT2D eigenvalue weighted by Crippen LogP contribution is 2.56. The van der Waals surface area contributed by atoms with E-state index >= 15 is 0 Å². The van der Waals surface area contributed by atoms with Crippen LogP contribution in [0, 0.1) is 22.7 Å². The van der Waals surface area contributed by atoms with Crippen molar-refractivity contribution in [2.45, 2.75) is 155 Å². The van der Waals surface area contributed by atoms with Gasteiger partial charge in [-0.15, -0.1) is 0 Å². The van der Waals surface area contributed by atoms with Crippen LogP contribution in [-0.2, 0) is 21.7 Å². The zero-order valence-electron chi connectivity index (χ0n) is 37.9. The van der Waals surface area contributed by atoms with E-state index < -0.39 is 11.2 Å². The molecule has 306 valence electrons. The molecule has 0 atom stereocenters. The van der Waals surface area contributed by atoms with Gasteiger partial charge in [0.05, 0.1) is 23.3 Å². The van der Waals surface area contributed by atoms with Crippen molar-refractivity contribution in [2.24, 2.45) is 0 Å². The molecule has 4 aliphatic heterocycles. The van der Waals surface area contributed by atoms with Crippen LogP contribution in [0.5, 0.6) is 11.5 Å². The smallest absolute Gasteiger partial charge is 0.133 e. The molecule has 0 fully saturated rings. The van der Waals surface area contributed by atoms with Crippen molar-refractivity contribution >= 4 is 35.7 Å². The van der Waals surface area contributed by atoms with Gasteiger partial charge in [0.15, 0.2) is 0 Å². The van der Waals surface area contributed by atoms with E-state index in [2.05, 4.69) is 143 Å². The molecule has 3 aromatic carbocycles. The highest BCUT2D eigenvalue weighted by atomic mass is 16.5. The second kappa shape index (κ2) is 14.0. The van der Waals surface area contributed by atoms with E-state index in [9.17, 15) is 10.5 Å². The molecule has 4 aliphatic rings. The third kappa shape index (κ3) is 7.54. The van der Waals surface area contributed by atoms with Crippen molar-refractivity contribution in [1.82, 2.24) is 0 Å². The summed E-state index contributed by atoms with van der Waals surface area (Å²) in [6.45, 7) is 35.6. The van der Waals surface area contributed by atoms with Crippen molar-refractivity contribution in [2.75, 3.05) is 36.0 Å². The van der Waals surface area contributed by atoms with Crippen LogP contribution in [0.2, 0.25) is 0 Å². The second-order valence-electron chi connectivity index (χ2n) is 22.0. The van der Waals surface area contributed by atoms with Gasteiger partial charge in [0.2, 0.25) is 0 Å². The third-order valence-electron chi connectivity index (χ3n) is 13.2. The first-order valence-corrected chi connectivity index (χ1v) is 21.5. The van der Waals surface area contributed by atoms with Crippen molar-refractivity contribution < 1.29 is 9.47 Å². The number of nitriles is 2. The zero-order valence-corrected chi connectivity index (χ0v) is 37.9. The number of ether oxygens (including phenoxy) is 2. The normalized spacial score (nSPS) is 20.0. The van der Waals surface area contributed by atoms with Gasteiger partial charge in [-0.05, 0) is 135 Å². The Labute approximate surface area is 349 Å². The first-order chi connectivity index (χ1) is 26.9. The molecule has 0 saturated carbocycles. The molecule has 0 aliphatic carbocycles. The fourth-order valence-corrected chi connectivity index (χ4v) is 9.69. The van der Waals surface area contributed by atoms with Gasteiger partial charge in [0.25, 0.3) is 0 Å². The monoisotopic (exact) mass is 779 g/mol. The summed E-state index contributed by atoms with van der Waals surface area (Å²) in [5.74, 6) is 1.83. The molecule has 0 bridgehead atoms. The van der Waals surface area contributed by atoms with Crippen LogP contribution in [0.4, 0.5) is 11.4 Å². The molecule has 0 radical (unpaired) electrons. The third-order valence-corrected chi connectivity index (χ3v) is 13.2. The maximum Gasteiger partial charge on any atom is 0.133 e. The summed E-state index contributed by atoms with van der Waals surface area (Å²) in [6.07, 6.45) is 12.5. The van der Waals surface area contributed by atoms with Gasteiger partial charge in [-0.1, -0.05) is 79.7 Å². The molecule has 0 aromatic heterocycles. The van der Waals surface area contributed by atoms with E-state index in [0.717, 1.165) is 74.5 Å². The fourth-order valence-electron chi connectivity index (χ4n) is 9.69. The van der Waals surface area contributed by atoms with E-state index in [4.69, 9.17) is 9.47 Å². The number of rotatable bonds is 6. The quantitative estimate of drug-likeness (QED) is 0.232. The van der Waals surface area contributed by atoms with Gasteiger partial charge in [-0.25, -0.2) is 0 Å². The number of nitrogens with zero attached hydrogens (tertiary/aromatic N) is 4. The molecule has 6 heteroatoms. The lowest BCUT2D eigenvalue weighted by molar-refractivity contribution is 0.126. The minimum atomic E-state index is -0.409. The van der Waals surface area contributed by atoms with Gasteiger partial charge in [0, 0.05) is 59.8 Å². The average Bonchev–Trinajstić information content (AvgIpc) is 3.10. The minimum absolute atomic E-state index is 0.00902. The molecule has 0 amide bonds. The van der Waals surface area contributed by atoms with E-state index in [1.54, 1.807) is 0 Å². The minimum Gasteiger partial charge on any atom is -0.487 e. The second-order valence-corrected chi connectivity index (χ2v) is 22.0. The van der Waals surface area contributed by atoms with Crippen LogP contribution in [0.25, 0.3) is 24.3 Å². The fraction of sp³-hybridized carbons (Fsp3) is 0.538. The largest absolute Gasteiger partial charge is 0.487 e. The molecule has 7 rings (SSSR count). The maximum atomic E-state index is 10.6. The Balaban J connectivity index is 1.35. The lowest BCUT2D eigenvalue weighted by Gasteiger charge is -2.49. The average molecular weight is 779 g/mol. The Kier molecular flexibility index (Phi) is 9.99. The Bertz CT molecular complexity index is 2140. The zero-order chi connectivity index (χ0) is 42.4. The molecule has 4 heterocycles. The van der Waals surface area contributed by atoms with Gasteiger partial charge >= 0.3 is 0 Å². The predicted molar refractivity (Wildman–Crippen MR) is 242 cm³/mol. The molecule has 0 unspecified atom stereocenters. The highest BCUT2D eigenvalue weighted by molar-refractivity contribution is 5.85. The van der Waals surface area contributed by atoms with Crippen molar-refractivity contribution in [3.63, 3.8) is 0 Å². The number of anilines is 2. The molecule has 6 nitrogen and oxygen atoms in total. The van der Waals surface area contributed by atoms with Crippen LogP contribution in [0.3, 0.4) is 0 Å². The van der Waals surface area contributed by atoms with Crippen LogP contribution in [0.1, 0.15) is 178 Å². The van der Waals surface area contributed by atoms with Crippen molar-refractivity contribution in [3.8, 4) is 23.6 Å². The van der Waals surface area contributed by atoms with Crippen molar-refractivity contribution in [3.05, 3.63) is 79.9 Å². The SMILES string of the molecule is CC(C)(C)Oc1c(C=Cc2cc(C#N)c(C=Cc3cc4c5c(c3OC(C)(C)C)C(C)(C)CCN5CCC4(C)C)cc2C#N)cc2c3c1C(C)(C)CCN3CCC2(C)C. The lowest BCUT2D eigenvalue weighted by Crippen LogP contribution is -2.45. The first-order valence-electron chi connectivity index (χ1n) is 21.5. The Morgan fingerprint density at radius 2 is 0.810 bits per heavy atom. The summed E-state index contributed by atoms with van der Waals surface area (Å²) in [5, 5.41) is 21.2. The van der Waals surface area contributed by atoms with Crippen LogP contribution < -0.4 is 19.3 Å². The van der Waals surface area contributed by atoms with Crippen molar-refractivity contribution in [1.29, 1.82) is 10.5 Å². The van der Waals surface area contributed by atoms with E-state index in [-0.39, 0.29) is 21.7 Å². The van der Waals surface area contributed by atoms with Crippen LogP contribution in [0.15, 0.2) is 24.3 Å². The molecular weight excluding hydrogens is 713 g/mol. The standard InChI is InChI=1S/C52H66N4O2/c1-47(2,3)57-45-35(29-39-43-41(45)51(11,12)21-25-55(43)23-19-49(39,7)8)17-15-33-27-38(32-54)34(28-37(33)31-53)16-18-36-30-40-44-42(46(36)58-48(4,5)6)52(13,14)22-26-56(44)24-20-50(40,9)10/h15-18,27-30H,19-26H2,1-14H3. The molecular formula is C52H66N4O2. The first kappa shape index (κ1) is 41.5. The van der Waals surface area contributed by atoms with Crippen LogP contribution in [-0.4, -0.2) is 37.4 Å². The molecule has 0 N–H and O–H groups in total. The molecule has 58 heavy (non-hydrogen) atoms. The summed E-state index contributed by atoms with van der Waals surface area (Å²) in [4.78, 5) is 5.13. The summed E-state index contributed by atoms with van der Waals surface area (Å²) >= 11 is 0. The van der Waals surface area contributed by atoms with Crippen LogP contribution >= 0.6 is 0 Å². The summed E-state index contributed by atoms with van der Waals surface area (Å²) in [7, 11) is 0. The van der Waals surface area contributed by atoms with Gasteiger partial charge in [-0.3, -0.25) is 0 Å². The maximum absolute atomic E-state index is 10.6. The highest BCUT2D eigenvalue weighted by Gasteiger charge is 2.45. The lowest BCUT2D eigenvalue weighted by atomic mass is 9.68. The Hall–Kier alpha value is -4.68. The summed E-state index contributed by atoms with van der Waals surface area (Å²) < 4.78 is 13.8. The molecule has 0 saturated heterocycles. The summed E-state index contributed by atoms with van der Waals surface area (Å²) in [5.41, 5.74) is 11.5. The van der Waals surface area contributed by atoms with E-state index in [0.29, 0.717) is 22.3 Å². The number of hydrogen-bond acceptors (Lipinski definition) is 6. The topological polar surface area (TPSA) is 72.5 Å². The van der Waals surface area contributed by atoms with Gasteiger partial charge in [-0.2, -0.15) is 10.5 Å². The van der Waals surface area contributed by atoms with E-state index in [1.807, 2.05) is 24.3 Å². The van der Waals surface area contributed by atoms with Gasteiger partial charge < -0.3 is 19.3 Å². The summed E-state index contributed by atoms with van der Waals surface area (Å²) in [6, 6.07) is 13.3. The Morgan fingerprint density at radius 1 is 0.500 bits per heavy atom.